The Kier molecular flexibility index (Phi) is 6.08. The second-order valence-electron chi connectivity index (χ2n) is 4.68. The average Bonchev–Trinajstić information content (AvgIpc) is 2.27. The molecule has 1 aliphatic rings. The van der Waals surface area contributed by atoms with Crippen molar-refractivity contribution in [3.8, 4) is 0 Å². The molecule has 0 N–H and O–H groups in total. The summed E-state index contributed by atoms with van der Waals surface area (Å²) in [6.07, 6.45) is -0.774. The molecule has 0 saturated carbocycles. The molecule has 1 rings (SSSR count). The number of hydrogen-bond donors (Lipinski definition) is 0. The minimum atomic E-state index is -4.26. The van der Waals surface area contributed by atoms with Crippen molar-refractivity contribution < 1.29 is 22.7 Å². The van der Waals surface area contributed by atoms with E-state index >= 15 is 0 Å². The summed E-state index contributed by atoms with van der Waals surface area (Å²) in [4.78, 5) is 13.5. The Hall–Kier alpha value is -0.620. The van der Waals surface area contributed by atoms with Gasteiger partial charge in [-0.1, -0.05) is 6.42 Å². The second-order valence-corrected chi connectivity index (χ2v) is 4.68. The maximum atomic E-state index is 11.8. The SMILES string of the molecule is CC(=O)C1CCCCN1CCCOCC(F)(F)F. The van der Waals surface area contributed by atoms with Crippen molar-refractivity contribution in [2.24, 2.45) is 0 Å². The lowest BCUT2D eigenvalue weighted by Gasteiger charge is -2.34. The largest absolute Gasteiger partial charge is 0.411 e. The summed E-state index contributed by atoms with van der Waals surface area (Å²) in [7, 11) is 0. The van der Waals surface area contributed by atoms with Gasteiger partial charge < -0.3 is 4.74 Å². The topological polar surface area (TPSA) is 29.5 Å². The maximum absolute atomic E-state index is 11.8. The van der Waals surface area contributed by atoms with Gasteiger partial charge >= 0.3 is 6.18 Å². The highest BCUT2D eigenvalue weighted by Crippen LogP contribution is 2.18. The van der Waals surface area contributed by atoms with E-state index in [1.165, 1.54) is 0 Å². The Morgan fingerprint density at radius 1 is 1.39 bits per heavy atom. The summed E-state index contributed by atoms with van der Waals surface area (Å²) in [6.45, 7) is 1.94. The predicted octanol–water partition coefficient (Wildman–Crippen LogP) is 2.40. The fraction of sp³-hybridized carbons (Fsp3) is 0.917. The van der Waals surface area contributed by atoms with E-state index in [2.05, 4.69) is 9.64 Å². The van der Waals surface area contributed by atoms with Crippen LogP contribution in [0.25, 0.3) is 0 Å². The van der Waals surface area contributed by atoms with Crippen molar-refractivity contribution in [1.29, 1.82) is 0 Å². The molecule has 1 unspecified atom stereocenters. The first-order chi connectivity index (χ1) is 8.40. The van der Waals surface area contributed by atoms with Gasteiger partial charge in [0.15, 0.2) is 0 Å². The third-order valence-electron chi connectivity index (χ3n) is 3.08. The smallest absolute Gasteiger partial charge is 0.372 e. The summed E-state index contributed by atoms with van der Waals surface area (Å²) in [6, 6.07) is -0.0543. The van der Waals surface area contributed by atoms with E-state index in [9.17, 15) is 18.0 Å². The average molecular weight is 267 g/mol. The highest BCUT2D eigenvalue weighted by Gasteiger charge is 2.28. The van der Waals surface area contributed by atoms with E-state index < -0.39 is 12.8 Å². The van der Waals surface area contributed by atoms with E-state index in [1.54, 1.807) is 6.92 Å². The first-order valence-corrected chi connectivity index (χ1v) is 6.29. The molecule has 0 radical (unpaired) electrons. The number of halogens is 3. The fourth-order valence-electron chi connectivity index (χ4n) is 2.28. The zero-order valence-electron chi connectivity index (χ0n) is 10.6. The number of Topliss-reactive ketones (excluding diaryl/α,β-unsaturated/α-hetero) is 1. The van der Waals surface area contributed by atoms with E-state index in [0.717, 1.165) is 25.8 Å². The first kappa shape index (κ1) is 15.4. The van der Waals surface area contributed by atoms with Crippen molar-refractivity contribution in [1.82, 2.24) is 4.90 Å². The lowest BCUT2D eigenvalue weighted by molar-refractivity contribution is -0.174. The molecule has 0 spiro atoms. The molecular weight excluding hydrogens is 247 g/mol. The number of rotatable bonds is 6. The summed E-state index contributed by atoms with van der Waals surface area (Å²) < 4.78 is 40.0. The van der Waals surface area contributed by atoms with Gasteiger partial charge in [0.1, 0.15) is 12.4 Å². The van der Waals surface area contributed by atoms with Gasteiger partial charge in [-0.05, 0) is 32.7 Å². The predicted molar refractivity (Wildman–Crippen MR) is 61.4 cm³/mol. The normalized spacial score (nSPS) is 22.1. The minimum Gasteiger partial charge on any atom is -0.372 e. The summed E-state index contributed by atoms with van der Waals surface area (Å²) in [5.41, 5.74) is 0. The third-order valence-corrected chi connectivity index (χ3v) is 3.08. The van der Waals surface area contributed by atoms with E-state index in [1.807, 2.05) is 0 Å². The van der Waals surface area contributed by atoms with Crippen molar-refractivity contribution in [3.63, 3.8) is 0 Å². The van der Waals surface area contributed by atoms with E-state index in [0.29, 0.717) is 13.0 Å². The van der Waals surface area contributed by atoms with Crippen LogP contribution in [0.5, 0.6) is 0 Å². The molecule has 1 atom stereocenters. The minimum absolute atomic E-state index is 0.0543. The van der Waals surface area contributed by atoms with Gasteiger partial charge in [0.05, 0.1) is 6.04 Å². The highest BCUT2D eigenvalue weighted by atomic mass is 19.4. The van der Waals surface area contributed by atoms with Gasteiger partial charge in [-0.3, -0.25) is 9.69 Å². The zero-order chi connectivity index (χ0) is 13.6. The van der Waals surface area contributed by atoms with Crippen molar-refractivity contribution >= 4 is 5.78 Å². The van der Waals surface area contributed by atoms with Crippen LogP contribution in [0, 0.1) is 0 Å². The third kappa shape index (κ3) is 5.82. The monoisotopic (exact) mass is 267 g/mol. The molecule has 1 heterocycles. The maximum Gasteiger partial charge on any atom is 0.411 e. The van der Waals surface area contributed by atoms with E-state index in [4.69, 9.17) is 0 Å². The molecule has 0 aromatic rings. The molecule has 3 nitrogen and oxygen atoms in total. The summed E-state index contributed by atoms with van der Waals surface area (Å²) in [5, 5.41) is 0. The lowest BCUT2D eigenvalue weighted by atomic mass is 9.99. The molecule has 18 heavy (non-hydrogen) atoms. The number of piperidine rings is 1. The van der Waals surface area contributed by atoms with Crippen LogP contribution in [0.2, 0.25) is 0 Å². The Labute approximate surface area is 105 Å². The van der Waals surface area contributed by atoms with Crippen LogP contribution in [0.15, 0.2) is 0 Å². The van der Waals surface area contributed by atoms with Crippen LogP contribution in [-0.4, -0.2) is 49.2 Å². The van der Waals surface area contributed by atoms with Crippen LogP contribution in [0.4, 0.5) is 13.2 Å². The van der Waals surface area contributed by atoms with Crippen LogP contribution >= 0.6 is 0 Å². The molecule has 0 amide bonds. The number of nitrogens with zero attached hydrogens (tertiary/aromatic N) is 1. The second kappa shape index (κ2) is 7.09. The fourth-order valence-corrected chi connectivity index (χ4v) is 2.28. The molecule has 0 bridgehead atoms. The number of likely N-dealkylation sites (tertiary alicyclic amines) is 1. The van der Waals surface area contributed by atoms with Gasteiger partial charge in [0.25, 0.3) is 0 Å². The number of hydrogen-bond acceptors (Lipinski definition) is 3. The molecule has 1 saturated heterocycles. The molecular formula is C12H20F3NO2. The highest BCUT2D eigenvalue weighted by molar-refractivity contribution is 5.81. The van der Waals surface area contributed by atoms with Gasteiger partial charge in [-0.2, -0.15) is 13.2 Å². The van der Waals surface area contributed by atoms with Crippen molar-refractivity contribution in [3.05, 3.63) is 0 Å². The quantitative estimate of drug-likeness (QED) is 0.692. The summed E-state index contributed by atoms with van der Waals surface area (Å²) >= 11 is 0. The Morgan fingerprint density at radius 2 is 2.11 bits per heavy atom. The lowest BCUT2D eigenvalue weighted by Crippen LogP contribution is -2.44. The molecule has 1 fully saturated rings. The number of carbonyl (C=O) groups is 1. The van der Waals surface area contributed by atoms with Crippen molar-refractivity contribution in [2.45, 2.75) is 44.8 Å². The molecule has 0 aromatic heterocycles. The number of alkyl halides is 3. The van der Waals surface area contributed by atoms with Crippen LogP contribution in [0.1, 0.15) is 32.6 Å². The molecule has 6 heteroatoms. The van der Waals surface area contributed by atoms with Gasteiger partial charge in [0.2, 0.25) is 0 Å². The van der Waals surface area contributed by atoms with Gasteiger partial charge in [-0.25, -0.2) is 0 Å². The molecule has 106 valence electrons. The molecule has 1 aliphatic heterocycles. The Bertz CT molecular complexity index is 269. The number of carbonyl (C=O) groups excluding carboxylic acids is 1. The standard InChI is InChI=1S/C12H20F3NO2/c1-10(17)11-5-2-3-6-16(11)7-4-8-18-9-12(13,14)15/h11H,2-9H2,1H3. The number of ketones is 1. The van der Waals surface area contributed by atoms with Crippen LogP contribution in [-0.2, 0) is 9.53 Å². The van der Waals surface area contributed by atoms with Crippen LogP contribution in [0.3, 0.4) is 0 Å². The van der Waals surface area contributed by atoms with Crippen LogP contribution < -0.4 is 0 Å². The summed E-state index contributed by atoms with van der Waals surface area (Å²) in [5.74, 6) is 0.144. The first-order valence-electron chi connectivity index (χ1n) is 6.29. The van der Waals surface area contributed by atoms with Gasteiger partial charge in [-0.15, -0.1) is 0 Å². The van der Waals surface area contributed by atoms with Gasteiger partial charge in [0, 0.05) is 13.2 Å². The Morgan fingerprint density at radius 3 is 2.72 bits per heavy atom. The number of ether oxygens (including phenoxy) is 1. The zero-order valence-corrected chi connectivity index (χ0v) is 10.6. The molecule has 0 aliphatic carbocycles. The van der Waals surface area contributed by atoms with E-state index in [-0.39, 0.29) is 18.4 Å². The van der Waals surface area contributed by atoms with Crippen molar-refractivity contribution in [2.75, 3.05) is 26.3 Å². The Balaban J connectivity index is 2.19. The molecule has 0 aromatic carbocycles.